The van der Waals surface area contributed by atoms with Crippen LogP contribution in [0, 0.1) is 6.92 Å². The smallest absolute Gasteiger partial charge is 0.151 e. The minimum atomic E-state index is 0.0886. The molecular formula is C19H18N2O2. The van der Waals surface area contributed by atoms with Gasteiger partial charge in [0.15, 0.2) is 5.78 Å². The van der Waals surface area contributed by atoms with E-state index in [0.717, 1.165) is 28.3 Å². The van der Waals surface area contributed by atoms with Crippen LogP contribution in [0.25, 0.3) is 11.3 Å². The number of para-hydroxylation sites is 1. The van der Waals surface area contributed by atoms with Crippen LogP contribution in [-0.2, 0) is 11.3 Å². The van der Waals surface area contributed by atoms with Gasteiger partial charge in [-0.05, 0) is 55.8 Å². The molecule has 4 nitrogen and oxygen atoms in total. The number of hydrogen-bond donors (Lipinski definition) is 0. The van der Waals surface area contributed by atoms with E-state index >= 15 is 0 Å². The molecule has 1 aromatic heterocycles. The minimum absolute atomic E-state index is 0.0886. The first-order valence-corrected chi connectivity index (χ1v) is 7.48. The Morgan fingerprint density at radius 2 is 1.70 bits per heavy atom. The lowest BCUT2D eigenvalue weighted by molar-refractivity contribution is -0.117. The number of carbonyl (C=O) groups excluding carboxylic acids is 1. The van der Waals surface area contributed by atoms with E-state index in [2.05, 4.69) is 5.10 Å². The lowest BCUT2D eigenvalue weighted by Crippen LogP contribution is -2.06. The maximum Gasteiger partial charge on any atom is 0.151 e. The molecule has 0 saturated heterocycles. The number of ether oxygens (including phenoxy) is 1. The maximum atomic E-state index is 11.2. The van der Waals surface area contributed by atoms with Gasteiger partial charge in [-0.1, -0.05) is 18.2 Å². The minimum Gasteiger partial charge on any atom is -0.457 e. The molecule has 116 valence electrons. The largest absolute Gasteiger partial charge is 0.457 e. The highest BCUT2D eigenvalue weighted by Gasteiger charge is 2.09. The number of ketones is 1. The molecule has 0 bridgehead atoms. The van der Waals surface area contributed by atoms with Crippen molar-refractivity contribution >= 4 is 5.78 Å². The second kappa shape index (κ2) is 6.48. The summed E-state index contributed by atoms with van der Waals surface area (Å²) < 4.78 is 7.47. The molecule has 3 aromatic rings. The van der Waals surface area contributed by atoms with Crippen molar-refractivity contribution in [1.29, 1.82) is 0 Å². The Morgan fingerprint density at radius 3 is 2.35 bits per heavy atom. The van der Waals surface area contributed by atoms with E-state index in [1.165, 1.54) is 0 Å². The van der Waals surface area contributed by atoms with Crippen LogP contribution < -0.4 is 4.74 Å². The van der Waals surface area contributed by atoms with Crippen LogP contribution >= 0.6 is 0 Å². The number of aryl methyl sites for hydroxylation is 1. The third-order valence-electron chi connectivity index (χ3n) is 3.44. The number of carbonyl (C=O) groups is 1. The standard InChI is InChI=1S/C19H18N2O2/c1-14-12-21(13-15(2)22)20-19(14)16-8-10-18(11-9-16)23-17-6-4-3-5-7-17/h3-12H,13H2,1-2H3. The van der Waals surface area contributed by atoms with Crippen LogP contribution in [0.15, 0.2) is 60.8 Å². The molecule has 0 fully saturated rings. The summed E-state index contributed by atoms with van der Waals surface area (Å²) in [5.41, 5.74) is 2.94. The Balaban J connectivity index is 1.79. The number of benzene rings is 2. The van der Waals surface area contributed by atoms with Gasteiger partial charge in [0.25, 0.3) is 0 Å². The Morgan fingerprint density at radius 1 is 1.04 bits per heavy atom. The first kappa shape index (κ1) is 15.0. The number of hydrogen-bond acceptors (Lipinski definition) is 3. The summed E-state index contributed by atoms with van der Waals surface area (Å²) in [4.78, 5) is 11.2. The Labute approximate surface area is 135 Å². The zero-order chi connectivity index (χ0) is 16.2. The molecule has 0 aliphatic rings. The topological polar surface area (TPSA) is 44.1 Å². The highest BCUT2D eigenvalue weighted by atomic mass is 16.5. The van der Waals surface area contributed by atoms with Crippen molar-refractivity contribution in [3.8, 4) is 22.8 Å². The molecule has 23 heavy (non-hydrogen) atoms. The van der Waals surface area contributed by atoms with Crippen molar-refractivity contribution < 1.29 is 9.53 Å². The zero-order valence-corrected chi connectivity index (χ0v) is 13.2. The van der Waals surface area contributed by atoms with Gasteiger partial charge in [-0.15, -0.1) is 0 Å². The summed E-state index contributed by atoms with van der Waals surface area (Å²) in [6.45, 7) is 3.86. The van der Waals surface area contributed by atoms with Gasteiger partial charge in [0, 0.05) is 11.8 Å². The van der Waals surface area contributed by atoms with Crippen molar-refractivity contribution in [2.45, 2.75) is 20.4 Å². The van der Waals surface area contributed by atoms with Crippen LogP contribution in [0.2, 0.25) is 0 Å². The molecule has 0 radical (unpaired) electrons. The molecule has 0 aliphatic carbocycles. The van der Waals surface area contributed by atoms with Gasteiger partial charge in [-0.2, -0.15) is 5.10 Å². The fraction of sp³-hybridized carbons (Fsp3) is 0.158. The summed E-state index contributed by atoms with van der Waals surface area (Å²) in [6.07, 6.45) is 1.89. The summed E-state index contributed by atoms with van der Waals surface area (Å²) in [5, 5.41) is 4.49. The van der Waals surface area contributed by atoms with Gasteiger partial charge in [-0.3, -0.25) is 9.48 Å². The summed E-state index contributed by atoms with van der Waals surface area (Å²) in [7, 11) is 0. The van der Waals surface area contributed by atoms with Crippen molar-refractivity contribution in [3.63, 3.8) is 0 Å². The molecule has 0 amide bonds. The summed E-state index contributed by atoms with van der Waals surface area (Å²) in [6, 6.07) is 17.5. The Hall–Kier alpha value is -2.88. The van der Waals surface area contributed by atoms with E-state index in [9.17, 15) is 4.79 Å². The number of rotatable bonds is 5. The number of Topliss-reactive ketones (excluding diaryl/α,β-unsaturated/α-hetero) is 1. The highest BCUT2D eigenvalue weighted by molar-refractivity contribution is 5.75. The molecule has 0 N–H and O–H groups in total. The second-order valence-electron chi connectivity index (χ2n) is 5.50. The fourth-order valence-corrected chi connectivity index (χ4v) is 2.42. The third-order valence-corrected chi connectivity index (χ3v) is 3.44. The van der Waals surface area contributed by atoms with Gasteiger partial charge < -0.3 is 4.74 Å². The summed E-state index contributed by atoms with van der Waals surface area (Å²) in [5.74, 6) is 1.67. The van der Waals surface area contributed by atoms with Crippen molar-refractivity contribution in [2.75, 3.05) is 0 Å². The quantitative estimate of drug-likeness (QED) is 0.708. The molecule has 0 saturated carbocycles. The first-order valence-electron chi connectivity index (χ1n) is 7.48. The number of nitrogens with zero attached hydrogens (tertiary/aromatic N) is 2. The van der Waals surface area contributed by atoms with Crippen LogP contribution in [-0.4, -0.2) is 15.6 Å². The highest BCUT2D eigenvalue weighted by Crippen LogP contribution is 2.26. The van der Waals surface area contributed by atoms with E-state index in [1.54, 1.807) is 11.6 Å². The molecule has 0 unspecified atom stereocenters. The predicted molar refractivity (Wildman–Crippen MR) is 89.6 cm³/mol. The van der Waals surface area contributed by atoms with Crippen molar-refractivity contribution in [3.05, 3.63) is 66.4 Å². The van der Waals surface area contributed by atoms with Crippen molar-refractivity contribution in [2.24, 2.45) is 0 Å². The van der Waals surface area contributed by atoms with Crippen LogP contribution in [0.4, 0.5) is 0 Å². The lowest BCUT2D eigenvalue weighted by atomic mass is 10.1. The molecule has 0 aliphatic heterocycles. The Kier molecular flexibility index (Phi) is 4.24. The summed E-state index contributed by atoms with van der Waals surface area (Å²) >= 11 is 0. The monoisotopic (exact) mass is 306 g/mol. The molecule has 0 atom stereocenters. The van der Waals surface area contributed by atoms with E-state index < -0.39 is 0 Å². The average molecular weight is 306 g/mol. The molecule has 3 rings (SSSR count). The van der Waals surface area contributed by atoms with Crippen molar-refractivity contribution in [1.82, 2.24) is 9.78 Å². The van der Waals surface area contributed by atoms with Gasteiger partial charge in [-0.25, -0.2) is 0 Å². The number of aromatic nitrogens is 2. The van der Waals surface area contributed by atoms with Gasteiger partial charge in [0.2, 0.25) is 0 Å². The SMILES string of the molecule is CC(=O)Cn1cc(C)c(-c2ccc(Oc3ccccc3)cc2)n1. The normalized spacial score (nSPS) is 10.5. The van der Waals surface area contributed by atoms with E-state index in [-0.39, 0.29) is 5.78 Å². The fourth-order valence-electron chi connectivity index (χ4n) is 2.42. The van der Waals surface area contributed by atoms with Crippen LogP contribution in [0.5, 0.6) is 11.5 Å². The predicted octanol–water partition coefficient (Wildman–Crippen LogP) is 4.24. The molecule has 2 aromatic carbocycles. The maximum absolute atomic E-state index is 11.2. The molecular weight excluding hydrogens is 288 g/mol. The molecule has 0 spiro atoms. The lowest BCUT2D eigenvalue weighted by Gasteiger charge is -2.06. The van der Waals surface area contributed by atoms with E-state index in [1.807, 2.05) is 67.7 Å². The average Bonchev–Trinajstić information content (AvgIpc) is 2.89. The van der Waals surface area contributed by atoms with E-state index in [4.69, 9.17) is 4.74 Å². The van der Waals surface area contributed by atoms with E-state index in [0.29, 0.717) is 6.54 Å². The zero-order valence-electron chi connectivity index (χ0n) is 13.2. The molecule has 1 heterocycles. The van der Waals surface area contributed by atoms with Crippen LogP contribution in [0.1, 0.15) is 12.5 Å². The second-order valence-corrected chi connectivity index (χ2v) is 5.50. The Bertz CT molecular complexity index is 805. The third kappa shape index (κ3) is 3.66. The molecule has 4 heteroatoms. The van der Waals surface area contributed by atoms with Gasteiger partial charge >= 0.3 is 0 Å². The van der Waals surface area contributed by atoms with Crippen LogP contribution in [0.3, 0.4) is 0 Å². The van der Waals surface area contributed by atoms with Gasteiger partial charge in [0.1, 0.15) is 11.5 Å². The van der Waals surface area contributed by atoms with Gasteiger partial charge in [0.05, 0.1) is 12.2 Å². The first-order chi connectivity index (χ1) is 11.1.